The molecular weight excluding hydrogens is 370 g/mol. The highest BCUT2D eigenvalue weighted by molar-refractivity contribution is 8.00. The maximum absolute atomic E-state index is 11.6. The lowest BCUT2D eigenvalue weighted by molar-refractivity contribution is -0.165. The molecule has 3 rings (SSSR count). The SMILES string of the molecule is COc1ccccc1OC1(Oc2ccccc2OC)SCC(C(=O)O)N1C. The van der Waals surface area contributed by atoms with Crippen LogP contribution in [0.15, 0.2) is 48.5 Å². The molecule has 0 bridgehead atoms. The molecule has 1 aliphatic rings. The van der Waals surface area contributed by atoms with Crippen molar-refractivity contribution in [3.8, 4) is 23.0 Å². The zero-order valence-corrected chi connectivity index (χ0v) is 16.1. The highest BCUT2D eigenvalue weighted by Crippen LogP contribution is 2.45. The van der Waals surface area contributed by atoms with Gasteiger partial charge in [0.2, 0.25) is 0 Å². The van der Waals surface area contributed by atoms with E-state index in [0.29, 0.717) is 28.8 Å². The second-order valence-electron chi connectivity index (χ2n) is 5.81. The summed E-state index contributed by atoms with van der Waals surface area (Å²) in [6.07, 6.45) is 0. The van der Waals surface area contributed by atoms with Crippen LogP contribution in [-0.2, 0) is 4.79 Å². The lowest BCUT2D eigenvalue weighted by Crippen LogP contribution is -2.54. The number of carboxylic acid groups (broad SMARTS) is 1. The minimum absolute atomic E-state index is 0.302. The summed E-state index contributed by atoms with van der Waals surface area (Å²) in [6, 6.07) is 13.5. The topological polar surface area (TPSA) is 77.5 Å². The molecule has 0 spiro atoms. The van der Waals surface area contributed by atoms with Gasteiger partial charge in [-0.2, -0.15) is 0 Å². The summed E-state index contributed by atoms with van der Waals surface area (Å²) in [4.78, 5) is 13.2. The number of benzene rings is 2. The van der Waals surface area contributed by atoms with Crippen LogP contribution in [-0.4, -0.2) is 54.3 Å². The van der Waals surface area contributed by atoms with Crippen molar-refractivity contribution in [1.82, 2.24) is 4.90 Å². The van der Waals surface area contributed by atoms with Crippen LogP contribution in [0, 0.1) is 0 Å². The maximum atomic E-state index is 11.6. The fourth-order valence-corrected chi connectivity index (χ4v) is 4.10. The molecule has 8 heteroatoms. The van der Waals surface area contributed by atoms with Crippen molar-refractivity contribution in [2.75, 3.05) is 27.0 Å². The minimum Gasteiger partial charge on any atom is -0.493 e. The third-order valence-corrected chi connectivity index (χ3v) is 5.53. The van der Waals surface area contributed by atoms with E-state index in [1.165, 1.54) is 11.8 Å². The molecule has 0 aliphatic carbocycles. The summed E-state index contributed by atoms with van der Waals surface area (Å²) >= 11 is 1.25. The van der Waals surface area contributed by atoms with E-state index >= 15 is 0 Å². The lowest BCUT2D eigenvalue weighted by Gasteiger charge is -2.36. The number of hydrogen-bond acceptors (Lipinski definition) is 7. The Labute approximate surface area is 161 Å². The summed E-state index contributed by atoms with van der Waals surface area (Å²) in [7, 11) is 4.74. The van der Waals surface area contributed by atoms with E-state index in [-0.39, 0.29) is 0 Å². The average molecular weight is 391 g/mol. The summed E-state index contributed by atoms with van der Waals surface area (Å²) in [5, 5.41) is 8.14. The van der Waals surface area contributed by atoms with E-state index in [1.54, 1.807) is 50.4 Å². The molecule has 0 saturated carbocycles. The highest BCUT2D eigenvalue weighted by Gasteiger charge is 2.53. The molecule has 0 radical (unpaired) electrons. The average Bonchev–Trinajstić information content (AvgIpc) is 2.99. The Morgan fingerprint density at radius 1 is 1.00 bits per heavy atom. The minimum atomic E-state index is -1.40. The Kier molecular flexibility index (Phi) is 5.67. The molecule has 1 aliphatic heterocycles. The van der Waals surface area contributed by atoms with Crippen LogP contribution in [0.4, 0.5) is 0 Å². The van der Waals surface area contributed by atoms with E-state index in [4.69, 9.17) is 18.9 Å². The molecule has 27 heavy (non-hydrogen) atoms. The number of likely N-dealkylation sites (N-methyl/N-ethyl adjacent to an activating group) is 1. The predicted octanol–water partition coefficient (Wildman–Crippen LogP) is 2.90. The fourth-order valence-electron chi connectivity index (χ4n) is 2.73. The van der Waals surface area contributed by atoms with Gasteiger partial charge in [0, 0.05) is 5.75 Å². The van der Waals surface area contributed by atoms with Crippen molar-refractivity contribution >= 4 is 17.7 Å². The van der Waals surface area contributed by atoms with Gasteiger partial charge in [-0.1, -0.05) is 36.0 Å². The molecule has 1 unspecified atom stereocenters. The molecule has 0 amide bonds. The molecule has 2 aromatic carbocycles. The second-order valence-corrected chi connectivity index (χ2v) is 6.94. The summed E-state index contributed by atoms with van der Waals surface area (Å²) in [5.41, 5.74) is 0. The van der Waals surface area contributed by atoms with E-state index in [0.717, 1.165) is 0 Å². The first-order valence-electron chi connectivity index (χ1n) is 8.24. The highest BCUT2D eigenvalue weighted by atomic mass is 32.2. The van der Waals surface area contributed by atoms with Gasteiger partial charge in [-0.15, -0.1) is 0 Å². The first kappa shape index (κ1) is 19.2. The molecule has 1 fully saturated rings. The molecule has 0 aromatic heterocycles. The van der Waals surface area contributed by atoms with E-state index in [9.17, 15) is 9.90 Å². The second kappa shape index (κ2) is 7.98. The van der Waals surface area contributed by atoms with Crippen LogP contribution in [0.5, 0.6) is 23.0 Å². The number of para-hydroxylation sites is 4. The number of carboxylic acids is 1. The molecule has 144 valence electrons. The number of hydrogen-bond donors (Lipinski definition) is 1. The fraction of sp³-hybridized carbons (Fsp3) is 0.316. The Morgan fingerprint density at radius 3 is 1.81 bits per heavy atom. The van der Waals surface area contributed by atoms with E-state index in [2.05, 4.69) is 0 Å². The van der Waals surface area contributed by atoms with Gasteiger partial charge in [0.25, 0.3) is 0 Å². The predicted molar refractivity (Wildman–Crippen MR) is 102 cm³/mol. The van der Waals surface area contributed by atoms with Crippen LogP contribution < -0.4 is 18.9 Å². The number of rotatable bonds is 7. The quantitative estimate of drug-likeness (QED) is 0.722. The molecule has 1 saturated heterocycles. The van der Waals surface area contributed by atoms with Crippen molar-refractivity contribution in [3.63, 3.8) is 0 Å². The van der Waals surface area contributed by atoms with Crippen LogP contribution in [0.2, 0.25) is 0 Å². The number of thioether (sulfide) groups is 1. The van der Waals surface area contributed by atoms with Crippen LogP contribution in [0.1, 0.15) is 0 Å². The third kappa shape index (κ3) is 3.77. The maximum Gasteiger partial charge on any atom is 0.371 e. The molecule has 1 atom stereocenters. The van der Waals surface area contributed by atoms with Crippen LogP contribution in [0.25, 0.3) is 0 Å². The summed E-state index contributed by atoms with van der Waals surface area (Å²) in [6.45, 7) is 0. The first-order valence-corrected chi connectivity index (χ1v) is 9.23. The number of aliphatic carboxylic acids is 1. The Balaban J connectivity index is 2.01. The molecule has 1 heterocycles. The van der Waals surface area contributed by atoms with E-state index < -0.39 is 17.3 Å². The molecule has 2 aromatic rings. The standard InChI is InChI=1S/C19H21NO6S/c1-20-13(18(21)22)12-27-19(20,25-16-10-6-4-8-14(16)23-2)26-17-11-7-5-9-15(17)24-3/h4-11,13H,12H2,1-3H3,(H,21,22). The molecule has 7 nitrogen and oxygen atoms in total. The zero-order chi connectivity index (χ0) is 19.4. The van der Waals surface area contributed by atoms with Gasteiger partial charge in [0.1, 0.15) is 6.04 Å². The van der Waals surface area contributed by atoms with Gasteiger partial charge in [-0.3, -0.25) is 4.79 Å². The zero-order valence-electron chi connectivity index (χ0n) is 15.2. The van der Waals surface area contributed by atoms with Gasteiger partial charge in [0.05, 0.1) is 14.2 Å². The van der Waals surface area contributed by atoms with Gasteiger partial charge in [-0.25, -0.2) is 4.90 Å². The number of carbonyl (C=O) groups is 1. The first-order chi connectivity index (χ1) is 13.0. The van der Waals surface area contributed by atoms with Gasteiger partial charge >= 0.3 is 11.2 Å². The lowest BCUT2D eigenvalue weighted by atomic mass is 10.3. The van der Waals surface area contributed by atoms with Crippen molar-refractivity contribution in [2.45, 2.75) is 11.3 Å². The normalized spacial score (nSPS) is 18.7. The van der Waals surface area contributed by atoms with Gasteiger partial charge in [-0.05, 0) is 31.3 Å². The number of methoxy groups -OCH3 is 2. The van der Waals surface area contributed by atoms with Crippen molar-refractivity contribution in [1.29, 1.82) is 0 Å². The summed E-state index contributed by atoms with van der Waals surface area (Å²) in [5.74, 6) is 1.29. The number of ether oxygens (including phenoxy) is 4. The molecular formula is C19H21NO6S. The van der Waals surface area contributed by atoms with E-state index in [1.807, 2.05) is 24.3 Å². The Morgan fingerprint density at radius 2 is 1.44 bits per heavy atom. The largest absolute Gasteiger partial charge is 0.493 e. The number of nitrogens with zero attached hydrogens (tertiary/aromatic N) is 1. The Hall–Kier alpha value is -2.58. The van der Waals surface area contributed by atoms with Gasteiger partial charge in [0.15, 0.2) is 23.0 Å². The van der Waals surface area contributed by atoms with Crippen LogP contribution in [0.3, 0.4) is 0 Å². The van der Waals surface area contributed by atoms with Crippen molar-refractivity contribution in [2.24, 2.45) is 0 Å². The van der Waals surface area contributed by atoms with Crippen molar-refractivity contribution in [3.05, 3.63) is 48.5 Å². The van der Waals surface area contributed by atoms with Gasteiger partial charge < -0.3 is 24.1 Å². The monoisotopic (exact) mass is 391 g/mol. The Bertz CT molecular complexity index is 765. The van der Waals surface area contributed by atoms with Crippen LogP contribution >= 0.6 is 11.8 Å². The summed E-state index contributed by atoms with van der Waals surface area (Å²) < 4.78 is 23.1. The third-order valence-electron chi connectivity index (χ3n) is 4.22. The van der Waals surface area contributed by atoms with Crippen molar-refractivity contribution < 1.29 is 28.8 Å². The molecule has 1 N–H and O–H groups in total. The smallest absolute Gasteiger partial charge is 0.371 e.